The number of rotatable bonds is 1. The molecule has 2 aromatic rings. The van der Waals surface area contributed by atoms with Gasteiger partial charge in [0.2, 0.25) is 0 Å². The summed E-state index contributed by atoms with van der Waals surface area (Å²) in [6, 6.07) is 8.19. The van der Waals surface area contributed by atoms with E-state index in [9.17, 15) is 0 Å². The minimum absolute atomic E-state index is 0.515. The van der Waals surface area contributed by atoms with E-state index in [0.29, 0.717) is 5.15 Å². The fourth-order valence-electron chi connectivity index (χ4n) is 1.51. The molecule has 0 bridgehead atoms. The van der Waals surface area contributed by atoms with Crippen LogP contribution in [0.3, 0.4) is 0 Å². The van der Waals surface area contributed by atoms with Crippen LogP contribution in [0.2, 0.25) is 5.15 Å². The van der Waals surface area contributed by atoms with Gasteiger partial charge < -0.3 is 0 Å². The van der Waals surface area contributed by atoms with E-state index in [1.807, 2.05) is 19.1 Å². The van der Waals surface area contributed by atoms with Gasteiger partial charge >= 0.3 is 0 Å². The second-order valence-electron chi connectivity index (χ2n) is 3.51. The van der Waals surface area contributed by atoms with Crippen LogP contribution in [0.4, 0.5) is 0 Å². The SMILES string of the molecule is Cc1cccc(-c2ncnc(Cl)c2C)c1. The number of hydrogen-bond donors (Lipinski definition) is 0. The van der Waals surface area contributed by atoms with Crippen molar-refractivity contribution in [1.82, 2.24) is 9.97 Å². The number of benzene rings is 1. The Morgan fingerprint density at radius 2 is 1.93 bits per heavy atom. The van der Waals surface area contributed by atoms with Gasteiger partial charge in [-0.05, 0) is 19.9 Å². The molecule has 0 amide bonds. The maximum Gasteiger partial charge on any atom is 0.135 e. The van der Waals surface area contributed by atoms with E-state index in [-0.39, 0.29) is 0 Å². The zero-order valence-corrected chi connectivity index (χ0v) is 9.42. The summed E-state index contributed by atoms with van der Waals surface area (Å²) in [6.45, 7) is 3.99. The van der Waals surface area contributed by atoms with Crippen molar-refractivity contribution in [3.63, 3.8) is 0 Å². The summed E-state index contributed by atoms with van der Waals surface area (Å²) in [5.41, 5.74) is 4.11. The van der Waals surface area contributed by atoms with E-state index in [1.54, 1.807) is 0 Å². The lowest BCUT2D eigenvalue weighted by atomic mass is 10.1. The lowest BCUT2D eigenvalue weighted by molar-refractivity contribution is 1.13. The molecule has 1 aromatic heterocycles. The lowest BCUT2D eigenvalue weighted by Crippen LogP contribution is -1.91. The Morgan fingerprint density at radius 3 is 2.67 bits per heavy atom. The van der Waals surface area contributed by atoms with Crippen LogP contribution in [0.15, 0.2) is 30.6 Å². The molecule has 0 unspecified atom stereocenters. The topological polar surface area (TPSA) is 25.8 Å². The highest BCUT2D eigenvalue weighted by Crippen LogP contribution is 2.24. The van der Waals surface area contributed by atoms with Gasteiger partial charge in [-0.15, -0.1) is 0 Å². The van der Waals surface area contributed by atoms with Gasteiger partial charge in [-0.2, -0.15) is 0 Å². The predicted octanol–water partition coefficient (Wildman–Crippen LogP) is 3.41. The van der Waals surface area contributed by atoms with Gasteiger partial charge in [0, 0.05) is 11.1 Å². The first-order chi connectivity index (χ1) is 7.18. The van der Waals surface area contributed by atoms with E-state index in [2.05, 4.69) is 29.0 Å². The molecule has 3 heteroatoms. The number of nitrogens with zero attached hydrogens (tertiary/aromatic N) is 2. The monoisotopic (exact) mass is 218 g/mol. The molecule has 0 saturated carbocycles. The molecule has 0 N–H and O–H groups in total. The van der Waals surface area contributed by atoms with Crippen molar-refractivity contribution in [2.75, 3.05) is 0 Å². The van der Waals surface area contributed by atoms with Gasteiger partial charge in [-0.3, -0.25) is 0 Å². The summed E-state index contributed by atoms with van der Waals surface area (Å²) < 4.78 is 0. The highest BCUT2D eigenvalue weighted by atomic mass is 35.5. The first kappa shape index (κ1) is 10.1. The number of aryl methyl sites for hydroxylation is 1. The Bertz CT molecular complexity index is 495. The molecule has 0 radical (unpaired) electrons. The lowest BCUT2D eigenvalue weighted by Gasteiger charge is -2.06. The summed E-state index contributed by atoms with van der Waals surface area (Å²) in [7, 11) is 0. The van der Waals surface area contributed by atoms with Crippen molar-refractivity contribution in [2.45, 2.75) is 13.8 Å². The molecule has 1 aromatic carbocycles. The van der Waals surface area contributed by atoms with E-state index in [4.69, 9.17) is 11.6 Å². The Morgan fingerprint density at radius 1 is 1.13 bits per heavy atom. The molecule has 0 saturated heterocycles. The second kappa shape index (κ2) is 3.99. The average Bonchev–Trinajstić information content (AvgIpc) is 2.22. The van der Waals surface area contributed by atoms with Crippen LogP contribution in [-0.2, 0) is 0 Å². The molecule has 0 aliphatic carbocycles. The van der Waals surface area contributed by atoms with Gasteiger partial charge in [0.15, 0.2) is 0 Å². The quantitative estimate of drug-likeness (QED) is 0.686. The smallest absolute Gasteiger partial charge is 0.135 e. The van der Waals surface area contributed by atoms with Crippen molar-refractivity contribution in [3.05, 3.63) is 46.9 Å². The first-order valence-corrected chi connectivity index (χ1v) is 5.10. The molecule has 15 heavy (non-hydrogen) atoms. The van der Waals surface area contributed by atoms with Gasteiger partial charge in [0.05, 0.1) is 5.69 Å². The van der Waals surface area contributed by atoms with E-state index < -0.39 is 0 Å². The fourth-order valence-corrected chi connectivity index (χ4v) is 1.65. The highest BCUT2D eigenvalue weighted by Gasteiger charge is 2.06. The van der Waals surface area contributed by atoms with E-state index in [1.165, 1.54) is 11.9 Å². The summed E-state index contributed by atoms with van der Waals surface area (Å²) in [5.74, 6) is 0. The standard InChI is InChI=1S/C12H11ClN2/c1-8-4-3-5-10(6-8)11-9(2)12(13)15-7-14-11/h3-7H,1-2H3. The summed E-state index contributed by atoms with van der Waals surface area (Å²) >= 11 is 5.95. The van der Waals surface area contributed by atoms with Crippen molar-refractivity contribution in [2.24, 2.45) is 0 Å². The van der Waals surface area contributed by atoms with E-state index in [0.717, 1.165) is 16.8 Å². The molecule has 76 valence electrons. The van der Waals surface area contributed by atoms with Crippen molar-refractivity contribution < 1.29 is 0 Å². The number of hydrogen-bond acceptors (Lipinski definition) is 2. The maximum atomic E-state index is 5.95. The Balaban J connectivity index is 2.59. The zero-order valence-electron chi connectivity index (χ0n) is 8.66. The molecule has 1 heterocycles. The van der Waals surface area contributed by atoms with Gasteiger partial charge in [-0.1, -0.05) is 35.4 Å². The third-order valence-electron chi connectivity index (χ3n) is 2.31. The van der Waals surface area contributed by atoms with Crippen LogP contribution in [0, 0.1) is 13.8 Å². The number of halogens is 1. The predicted molar refractivity (Wildman–Crippen MR) is 62.0 cm³/mol. The largest absolute Gasteiger partial charge is 0.236 e. The summed E-state index contributed by atoms with van der Waals surface area (Å²) in [4.78, 5) is 8.20. The molecule has 0 fully saturated rings. The number of aromatic nitrogens is 2. The van der Waals surface area contributed by atoms with Crippen molar-refractivity contribution in [3.8, 4) is 11.3 Å². The molecule has 2 nitrogen and oxygen atoms in total. The first-order valence-electron chi connectivity index (χ1n) is 4.72. The normalized spacial score (nSPS) is 10.3. The van der Waals surface area contributed by atoms with Crippen molar-refractivity contribution in [1.29, 1.82) is 0 Å². The maximum absolute atomic E-state index is 5.95. The Hall–Kier alpha value is -1.41. The molecule has 2 rings (SSSR count). The minimum Gasteiger partial charge on any atom is -0.236 e. The van der Waals surface area contributed by atoms with Crippen LogP contribution in [0.5, 0.6) is 0 Å². The molecular formula is C12H11ClN2. The molecule has 0 atom stereocenters. The molecule has 0 aliphatic rings. The Kier molecular flexibility index (Phi) is 2.69. The van der Waals surface area contributed by atoms with Crippen LogP contribution in [0.1, 0.15) is 11.1 Å². The molecule has 0 aliphatic heterocycles. The minimum atomic E-state index is 0.515. The summed E-state index contributed by atoms with van der Waals surface area (Å²) in [5, 5.41) is 0.515. The van der Waals surface area contributed by atoms with Crippen LogP contribution >= 0.6 is 11.6 Å². The van der Waals surface area contributed by atoms with Crippen molar-refractivity contribution >= 4 is 11.6 Å². The highest BCUT2D eigenvalue weighted by molar-refractivity contribution is 6.30. The van der Waals surface area contributed by atoms with Crippen LogP contribution < -0.4 is 0 Å². The van der Waals surface area contributed by atoms with E-state index >= 15 is 0 Å². The Labute approximate surface area is 94.0 Å². The van der Waals surface area contributed by atoms with Crippen LogP contribution in [0.25, 0.3) is 11.3 Å². The average molecular weight is 219 g/mol. The summed E-state index contributed by atoms with van der Waals surface area (Å²) in [6.07, 6.45) is 1.49. The van der Waals surface area contributed by atoms with Gasteiger partial charge in [0.1, 0.15) is 11.5 Å². The second-order valence-corrected chi connectivity index (χ2v) is 3.87. The zero-order chi connectivity index (χ0) is 10.8. The fraction of sp³-hybridized carbons (Fsp3) is 0.167. The van der Waals surface area contributed by atoms with Gasteiger partial charge in [-0.25, -0.2) is 9.97 Å². The molecular weight excluding hydrogens is 208 g/mol. The third kappa shape index (κ3) is 2.00. The third-order valence-corrected chi connectivity index (χ3v) is 2.70. The van der Waals surface area contributed by atoms with Crippen LogP contribution in [-0.4, -0.2) is 9.97 Å². The molecule has 0 spiro atoms. The van der Waals surface area contributed by atoms with Gasteiger partial charge in [0.25, 0.3) is 0 Å².